The van der Waals surface area contributed by atoms with Gasteiger partial charge in [-0.1, -0.05) is 13.8 Å². The Morgan fingerprint density at radius 1 is 1.15 bits per heavy atom. The van der Waals surface area contributed by atoms with E-state index in [4.69, 9.17) is 15.2 Å². The fraction of sp³-hybridized carbons (Fsp3) is 1.00. The van der Waals surface area contributed by atoms with E-state index in [9.17, 15) is 0 Å². The standard InChI is InChI=1S/C10H23NO2/c1-8(2)5-9(3)13-7-10(11)6-12-4/h8-10H,5-7,11H2,1-4H3. The van der Waals surface area contributed by atoms with E-state index < -0.39 is 0 Å². The largest absolute Gasteiger partial charge is 0.383 e. The van der Waals surface area contributed by atoms with Gasteiger partial charge in [0.2, 0.25) is 0 Å². The molecule has 0 heterocycles. The summed E-state index contributed by atoms with van der Waals surface area (Å²) in [5.74, 6) is 0.675. The summed E-state index contributed by atoms with van der Waals surface area (Å²) in [7, 11) is 1.65. The van der Waals surface area contributed by atoms with Crippen LogP contribution >= 0.6 is 0 Å². The molecule has 3 heteroatoms. The van der Waals surface area contributed by atoms with Gasteiger partial charge in [-0.05, 0) is 19.3 Å². The Kier molecular flexibility index (Phi) is 7.23. The number of methoxy groups -OCH3 is 1. The van der Waals surface area contributed by atoms with Gasteiger partial charge in [0.25, 0.3) is 0 Å². The minimum absolute atomic E-state index is 0.000359. The summed E-state index contributed by atoms with van der Waals surface area (Å²) >= 11 is 0. The zero-order valence-corrected chi connectivity index (χ0v) is 9.25. The van der Waals surface area contributed by atoms with Crippen molar-refractivity contribution in [3.63, 3.8) is 0 Å². The molecule has 0 saturated heterocycles. The molecule has 2 atom stereocenters. The van der Waals surface area contributed by atoms with Gasteiger partial charge >= 0.3 is 0 Å². The summed E-state index contributed by atoms with van der Waals surface area (Å²) in [6.45, 7) is 7.61. The third kappa shape index (κ3) is 8.22. The summed E-state index contributed by atoms with van der Waals surface area (Å²) in [5.41, 5.74) is 5.71. The van der Waals surface area contributed by atoms with E-state index in [1.54, 1.807) is 7.11 Å². The normalized spacial score (nSPS) is 16.2. The lowest BCUT2D eigenvalue weighted by Crippen LogP contribution is -2.32. The molecular weight excluding hydrogens is 166 g/mol. The van der Waals surface area contributed by atoms with Crippen LogP contribution in [0.4, 0.5) is 0 Å². The first-order valence-corrected chi connectivity index (χ1v) is 4.92. The first kappa shape index (κ1) is 12.9. The molecule has 0 saturated carbocycles. The average Bonchev–Trinajstić information content (AvgIpc) is 2.00. The van der Waals surface area contributed by atoms with Crippen molar-refractivity contribution in [3.8, 4) is 0 Å². The minimum Gasteiger partial charge on any atom is -0.383 e. The maximum absolute atomic E-state index is 5.71. The van der Waals surface area contributed by atoms with Crippen molar-refractivity contribution in [3.05, 3.63) is 0 Å². The predicted octanol–water partition coefficient (Wildman–Crippen LogP) is 1.41. The highest BCUT2D eigenvalue weighted by molar-refractivity contribution is 4.60. The minimum atomic E-state index is -0.000359. The van der Waals surface area contributed by atoms with Crippen molar-refractivity contribution in [2.45, 2.75) is 39.3 Å². The van der Waals surface area contributed by atoms with E-state index in [0.29, 0.717) is 25.2 Å². The van der Waals surface area contributed by atoms with E-state index in [1.807, 2.05) is 0 Å². The summed E-state index contributed by atoms with van der Waals surface area (Å²) in [6.07, 6.45) is 1.38. The Labute approximate surface area is 81.6 Å². The molecule has 3 nitrogen and oxygen atoms in total. The lowest BCUT2D eigenvalue weighted by atomic mass is 10.1. The van der Waals surface area contributed by atoms with Crippen molar-refractivity contribution in [2.24, 2.45) is 11.7 Å². The Bertz CT molecular complexity index is 117. The van der Waals surface area contributed by atoms with Gasteiger partial charge in [-0.25, -0.2) is 0 Å². The van der Waals surface area contributed by atoms with E-state index in [1.165, 1.54) is 0 Å². The van der Waals surface area contributed by atoms with Crippen molar-refractivity contribution >= 4 is 0 Å². The highest BCUT2D eigenvalue weighted by Crippen LogP contribution is 2.07. The van der Waals surface area contributed by atoms with Crippen LogP contribution in [0, 0.1) is 5.92 Å². The van der Waals surface area contributed by atoms with Crippen LogP contribution in [0.25, 0.3) is 0 Å². The Morgan fingerprint density at radius 3 is 2.23 bits per heavy atom. The van der Waals surface area contributed by atoms with Gasteiger partial charge in [-0.3, -0.25) is 0 Å². The summed E-state index contributed by atoms with van der Waals surface area (Å²) in [6, 6.07) is -0.000359. The Balaban J connectivity index is 3.40. The highest BCUT2D eigenvalue weighted by atomic mass is 16.5. The second-order valence-electron chi connectivity index (χ2n) is 3.99. The summed E-state index contributed by atoms with van der Waals surface area (Å²) in [5, 5.41) is 0. The molecule has 0 bridgehead atoms. The molecule has 0 fully saturated rings. The van der Waals surface area contributed by atoms with Crippen LogP contribution in [0.2, 0.25) is 0 Å². The quantitative estimate of drug-likeness (QED) is 0.658. The fourth-order valence-corrected chi connectivity index (χ4v) is 1.28. The summed E-state index contributed by atoms with van der Waals surface area (Å²) in [4.78, 5) is 0. The fourth-order valence-electron chi connectivity index (χ4n) is 1.28. The Morgan fingerprint density at radius 2 is 1.77 bits per heavy atom. The van der Waals surface area contributed by atoms with Crippen molar-refractivity contribution in [2.75, 3.05) is 20.3 Å². The van der Waals surface area contributed by atoms with E-state index in [2.05, 4.69) is 20.8 Å². The van der Waals surface area contributed by atoms with Gasteiger partial charge < -0.3 is 15.2 Å². The van der Waals surface area contributed by atoms with E-state index >= 15 is 0 Å². The predicted molar refractivity (Wildman–Crippen MR) is 54.7 cm³/mol. The van der Waals surface area contributed by atoms with Crippen molar-refractivity contribution in [1.29, 1.82) is 0 Å². The molecule has 0 aromatic carbocycles. The van der Waals surface area contributed by atoms with Crippen LogP contribution in [0.5, 0.6) is 0 Å². The molecule has 0 aromatic rings. The van der Waals surface area contributed by atoms with Crippen molar-refractivity contribution < 1.29 is 9.47 Å². The lowest BCUT2D eigenvalue weighted by Gasteiger charge is -2.17. The molecule has 0 aliphatic carbocycles. The van der Waals surface area contributed by atoms with Crippen LogP contribution in [0.3, 0.4) is 0 Å². The monoisotopic (exact) mass is 189 g/mol. The van der Waals surface area contributed by atoms with Gasteiger partial charge in [-0.2, -0.15) is 0 Å². The average molecular weight is 189 g/mol. The van der Waals surface area contributed by atoms with Crippen LogP contribution < -0.4 is 5.73 Å². The van der Waals surface area contributed by atoms with E-state index in [-0.39, 0.29) is 6.04 Å². The van der Waals surface area contributed by atoms with Crippen LogP contribution in [0.15, 0.2) is 0 Å². The number of hydrogen-bond donors (Lipinski definition) is 1. The lowest BCUT2D eigenvalue weighted by molar-refractivity contribution is 0.0286. The number of rotatable bonds is 7. The van der Waals surface area contributed by atoms with Gasteiger partial charge in [0.15, 0.2) is 0 Å². The van der Waals surface area contributed by atoms with E-state index in [0.717, 1.165) is 6.42 Å². The number of nitrogens with two attached hydrogens (primary N) is 1. The van der Waals surface area contributed by atoms with Gasteiger partial charge in [0.1, 0.15) is 0 Å². The molecule has 0 rings (SSSR count). The molecule has 80 valence electrons. The first-order chi connectivity index (χ1) is 6.06. The van der Waals surface area contributed by atoms with Gasteiger partial charge in [-0.15, -0.1) is 0 Å². The molecule has 13 heavy (non-hydrogen) atoms. The molecule has 0 aliphatic rings. The maximum Gasteiger partial charge on any atom is 0.0643 e. The van der Waals surface area contributed by atoms with Gasteiger partial charge in [0, 0.05) is 7.11 Å². The third-order valence-corrected chi connectivity index (χ3v) is 1.78. The van der Waals surface area contributed by atoms with Crippen LogP contribution in [-0.2, 0) is 9.47 Å². The molecular formula is C10H23NO2. The number of ether oxygens (including phenoxy) is 2. The highest BCUT2D eigenvalue weighted by Gasteiger charge is 2.08. The topological polar surface area (TPSA) is 44.5 Å². The molecule has 2 N–H and O–H groups in total. The zero-order chi connectivity index (χ0) is 10.3. The van der Waals surface area contributed by atoms with Gasteiger partial charge in [0.05, 0.1) is 25.4 Å². The van der Waals surface area contributed by atoms with Crippen LogP contribution in [0.1, 0.15) is 27.2 Å². The maximum atomic E-state index is 5.71. The zero-order valence-electron chi connectivity index (χ0n) is 9.25. The molecule has 0 aromatic heterocycles. The van der Waals surface area contributed by atoms with Crippen LogP contribution in [-0.4, -0.2) is 32.5 Å². The molecule has 0 radical (unpaired) electrons. The molecule has 0 aliphatic heterocycles. The number of hydrogen-bond acceptors (Lipinski definition) is 3. The first-order valence-electron chi connectivity index (χ1n) is 4.92. The second-order valence-corrected chi connectivity index (χ2v) is 3.99. The SMILES string of the molecule is COCC(N)COC(C)CC(C)C. The second kappa shape index (κ2) is 7.30. The molecule has 0 spiro atoms. The molecule has 0 amide bonds. The smallest absolute Gasteiger partial charge is 0.0643 e. The summed E-state index contributed by atoms with van der Waals surface area (Å²) < 4.78 is 10.5. The van der Waals surface area contributed by atoms with Crippen molar-refractivity contribution in [1.82, 2.24) is 0 Å². The Hall–Kier alpha value is -0.120. The molecule has 2 unspecified atom stereocenters. The third-order valence-electron chi connectivity index (χ3n) is 1.78.